The van der Waals surface area contributed by atoms with Crippen molar-refractivity contribution in [2.45, 2.75) is 18.6 Å². The fourth-order valence-corrected chi connectivity index (χ4v) is 3.34. The summed E-state index contributed by atoms with van der Waals surface area (Å²) in [7, 11) is 0. The fourth-order valence-electron chi connectivity index (χ4n) is 2.54. The molecule has 0 spiro atoms. The van der Waals surface area contributed by atoms with Gasteiger partial charge in [0, 0.05) is 18.2 Å². The van der Waals surface area contributed by atoms with Crippen LogP contribution in [0.5, 0.6) is 0 Å². The number of carbonyl (C=O) groups is 1. The lowest BCUT2D eigenvalue weighted by molar-refractivity contribution is -0.383. The Kier molecular flexibility index (Phi) is 5.82. The van der Waals surface area contributed by atoms with Gasteiger partial charge in [-0.05, 0) is 13.0 Å². The van der Waals surface area contributed by atoms with Crippen LogP contribution >= 0.6 is 11.8 Å². The molecule has 1 N–H and O–H groups in total. The molecule has 2 aromatic carbocycles. The first-order valence-corrected chi connectivity index (χ1v) is 9.23. The second-order valence-electron chi connectivity index (χ2n) is 5.53. The number of thioether (sulfide) groups is 1. The zero-order chi connectivity index (χ0) is 19.2. The van der Waals surface area contributed by atoms with Crippen molar-refractivity contribution in [3.8, 4) is 11.4 Å². The van der Waals surface area contributed by atoms with Gasteiger partial charge >= 0.3 is 0 Å². The number of aromatic nitrogens is 3. The number of nitrogens with one attached hydrogen (secondary N) is 1. The first kappa shape index (κ1) is 18.6. The van der Waals surface area contributed by atoms with Gasteiger partial charge in [-0.25, -0.2) is 0 Å². The lowest BCUT2D eigenvalue weighted by atomic mass is 10.2. The van der Waals surface area contributed by atoms with Gasteiger partial charge in [0.25, 0.3) is 5.69 Å². The minimum atomic E-state index is -0.525. The van der Waals surface area contributed by atoms with Gasteiger partial charge in [-0.3, -0.25) is 14.9 Å². The topological polar surface area (TPSA) is 103 Å². The van der Waals surface area contributed by atoms with Crippen molar-refractivity contribution in [2.75, 3.05) is 11.1 Å². The average molecular weight is 383 g/mol. The van der Waals surface area contributed by atoms with E-state index < -0.39 is 4.92 Å². The van der Waals surface area contributed by atoms with E-state index >= 15 is 0 Å². The third-order valence-corrected chi connectivity index (χ3v) is 4.74. The molecule has 0 saturated heterocycles. The van der Waals surface area contributed by atoms with E-state index in [0.29, 0.717) is 11.7 Å². The highest BCUT2D eigenvalue weighted by Crippen LogP contribution is 2.26. The Bertz CT molecular complexity index is 959. The number of anilines is 1. The van der Waals surface area contributed by atoms with Crippen molar-refractivity contribution in [3.05, 3.63) is 64.7 Å². The van der Waals surface area contributed by atoms with Gasteiger partial charge in [0.1, 0.15) is 5.69 Å². The number of nitro groups is 1. The molecule has 0 atom stereocenters. The summed E-state index contributed by atoms with van der Waals surface area (Å²) >= 11 is 1.24. The molecular formula is C18H17N5O3S. The Morgan fingerprint density at radius 2 is 1.85 bits per heavy atom. The zero-order valence-electron chi connectivity index (χ0n) is 14.5. The smallest absolute Gasteiger partial charge is 0.292 e. The summed E-state index contributed by atoms with van der Waals surface area (Å²) in [6, 6.07) is 15.7. The maximum atomic E-state index is 12.2. The van der Waals surface area contributed by atoms with E-state index in [9.17, 15) is 14.9 Å². The van der Waals surface area contributed by atoms with Crippen LogP contribution in [0.3, 0.4) is 0 Å². The van der Waals surface area contributed by atoms with Crippen LogP contribution in [0.25, 0.3) is 11.4 Å². The molecule has 0 unspecified atom stereocenters. The summed E-state index contributed by atoms with van der Waals surface area (Å²) < 4.78 is 1.93. The first-order chi connectivity index (χ1) is 13.1. The molecule has 27 heavy (non-hydrogen) atoms. The second-order valence-corrected chi connectivity index (χ2v) is 6.47. The number of benzene rings is 2. The van der Waals surface area contributed by atoms with Gasteiger partial charge in [0.15, 0.2) is 11.0 Å². The first-order valence-electron chi connectivity index (χ1n) is 8.25. The summed E-state index contributed by atoms with van der Waals surface area (Å²) in [5, 5.41) is 22.6. The van der Waals surface area contributed by atoms with Crippen LogP contribution in [0.2, 0.25) is 0 Å². The molecule has 1 aromatic heterocycles. The minimum absolute atomic E-state index is 0.0684. The van der Waals surface area contributed by atoms with Crippen molar-refractivity contribution in [1.29, 1.82) is 0 Å². The summed E-state index contributed by atoms with van der Waals surface area (Å²) in [4.78, 5) is 22.7. The number of para-hydroxylation sites is 2. The third kappa shape index (κ3) is 4.32. The standard InChI is InChI=1S/C18H17N5O3S/c1-2-22-17(13-8-4-3-5-9-13)20-21-18(22)27-12-16(24)19-14-10-6-7-11-15(14)23(25)26/h3-11H,2,12H2,1H3,(H,19,24). The molecule has 8 nitrogen and oxygen atoms in total. The second kappa shape index (κ2) is 8.45. The molecule has 1 heterocycles. The van der Waals surface area contributed by atoms with E-state index in [-0.39, 0.29) is 23.0 Å². The van der Waals surface area contributed by atoms with Crippen molar-refractivity contribution in [3.63, 3.8) is 0 Å². The quantitative estimate of drug-likeness (QED) is 0.380. The van der Waals surface area contributed by atoms with Gasteiger partial charge in [-0.1, -0.05) is 54.2 Å². The monoisotopic (exact) mass is 383 g/mol. The fraction of sp³-hybridized carbons (Fsp3) is 0.167. The third-order valence-electron chi connectivity index (χ3n) is 3.77. The molecule has 138 valence electrons. The molecule has 0 bridgehead atoms. The molecule has 1 amide bonds. The maximum absolute atomic E-state index is 12.2. The van der Waals surface area contributed by atoms with Gasteiger partial charge in [-0.15, -0.1) is 10.2 Å². The van der Waals surface area contributed by atoms with E-state index in [1.807, 2.05) is 41.8 Å². The number of amides is 1. The molecule has 9 heteroatoms. The zero-order valence-corrected chi connectivity index (χ0v) is 15.3. The van der Waals surface area contributed by atoms with E-state index in [0.717, 1.165) is 11.4 Å². The highest BCUT2D eigenvalue weighted by molar-refractivity contribution is 7.99. The van der Waals surface area contributed by atoms with Crippen LogP contribution in [-0.2, 0) is 11.3 Å². The molecule has 3 rings (SSSR count). The molecular weight excluding hydrogens is 366 g/mol. The van der Waals surface area contributed by atoms with Crippen LogP contribution < -0.4 is 5.32 Å². The predicted octanol–water partition coefficient (Wildman–Crippen LogP) is 3.60. The van der Waals surface area contributed by atoms with Crippen molar-refractivity contribution < 1.29 is 9.72 Å². The molecule has 0 aliphatic rings. The lowest BCUT2D eigenvalue weighted by Crippen LogP contribution is -2.15. The molecule has 3 aromatic rings. The van der Waals surface area contributed by atoms with Crippen LogP contribution in [0, 0.1) is 10.1 Å². The highest BCUT2D eigenvalue weighted by atomic mass is 32.2. The van der Waals surface area contributed by atoms with Crippen LogP contribution in [0.15, 0.2) is 59.8 Å². The van der Waals surface area contributed by atoms with Gasteiger partial charge in [0.2, 0.25) is 5.91 Å². The van der Waals surface area contributed by atoms with Crippen molar-refractivity contribution in [1.82, 2.24) is 14.8 Å². The van der Waals surface area contributed by atoms with E-state index in [1.165, 1.54) is 23.9 Å². The Balaban J connectivity index is 1.70. The molecule has 0 saturated carbocycles. The Morgan fingerprint density at radius 1 is 1.15 bits per heavy atom. The summed E-state index contributed by atoms with van der Waals surface area (Å²) in [6.45, 7) is 2.64. The normalized spacial score (nSPS) is 10.6. The Hall–Kier alpha value is -3.20. The predicted molar refractivity (Wildman–Crippen MR) is 104 cm³/mol. The van der Waals surface area contributed by atoms with Gasteiger partial charge in [-0.2, -0.15) is 0 Å². The number of nitro benzene ring substituents is 1. The van der Waals surface area contributed by atoms with Crippen LogP contribution in [-0.4, -0.2) is 31.3 Å². The van der Waals surface area contributed by atoms with Crippen molar-refractivity contribution >= 4 is 29.0 Å². The number of nitrogens with zero attached hydrogens (tertiary/aromatic N) is 4. The summed E-state index contributed by atoms with van der Waals surface area (Å²) in [5.74, 6) is 0.458. The van der Waals surface area contributed by atoms with Crippen LogP contribution in [0.1, 0.15) is 6.92 Å². The van der Waals surface area contributed by atoms with E-state index in [1.54, 1.807) is 12.1 Å². The van der Waals surface area contributed by atoms with Crippen molar-refractivity contribution in [2.24, 2.45) is 0 Å². The lowest BCUT2D eigenvalue weighted by Gasteiger charge is -2.08. The molecule has 0 fully saturated rings. The highest BCUT2D eigenvalue weighted by Gasteiger charge is 2.17. The molecule has 0 aliphatic heterocycles. The van der Waals surface area contributed by atoms with Crippen LogP contribution in [0.4, 0.5) is 11.4 Å². The molecule has 0 aliphatic carbocycles. The SMILES string of the molecule is CCn1c(SCC(=O)Nc2ccccc2[N+](=O)[O-])nnc1-c1ccccc1. The van der Waals surface area contributed by atoms with E-state index in [2.05, 4.69) is 15.5 Å². The number of carbonyl (C=O) groups excluding carboxylic acids is 1. The molecule has 0 radical (unpaired) electrons. The summed E-state index contributed by atoms with van der Waals surface area (Å²) in [5.41, 5.74) is 0.983. The average Bonchev–Trinajstić information content (AvgIpc) is 3.10. The summed E-state index contributed by atoms with van der Waals surface area (Å²) in [6.07, 6.45) is 0. The Labute approximate surface area is 159 Å². The van der Waals surface area contributed by atoms with E-state index in [4.69, 9.17) is 0 Å². The largest absolute Gasteiger partial charge is 0.320 e. The number of rotatable bonds is 7. The maximum Gasteiger partial charge on any atom is 0.292 e. The van der Waals surface area contributed by atoms with Gasteiger partial charge in [0.05, 0.1) is 10.7 Å². The Morgan fingerprint density at radius 3 is 2.56 bits per heavy atom. The number of hydrogen-bond donors (Lipinski definition) is 1. The number of hydrogen-bond acceptors (Lipinski definition) is 6. The van der Waals surface area contributed by atoms with Gasteiger partial charge < -0.3 is 9.88 Å². The minimum Gasteiger partial charge on any atom is -0.320 e.